The van der Waals surface area contributed by atoms with Crippen molar-refractivity contribution in [2.45, 2.75) is 19.5 Å². The van der Waals surface area contributed by atoms with Gasteiger partial charge in [0.1, 0.15) is 12.1 Å². The highest BCUT2D eigenvalue weighted by atomic mass is 16.5. The summed E-state index contributed by atoms with van der Waals surface area (Å²) in [6.07, 6.45) is 3.45. The molecule has 0 radical (unpaired) electrons. The molecule has 0 spiro atoms. The molecule has 0 bridgehead atoms. The van der Waals surface area contributed by atoms with Gasteiger partial charge in [-0.05, 0) is 26.1 Å². The van der Waals surface area contributed by atoms with Gasteiger partial charge in [-0.2, -0.15) is 4.52 Å². The summed E-state index contributed by atoms with van der Waals surface area (Å²) in [6.45, 7) is 4.67. The van der Waals surface area contributed by atoms with E-state index in [0.717, 1.165) is 42.5 Å². The van der Waals surface area contributed by atoms with Crippen molar-refractivity contribution >= 4 is 11.5 Å². The largest absolute Gasteiger partial charge is 0.364 e. The molecule has 0 aliphatic carbocycles. The Hall–Kier alpha value is -2.48. The Morgan fingerprint density at radius 2 is 2.18 bits per heavy atom. The zero-order valence-corrected chi connectivity index (χ0v) is 12.5. The average Bonchev–Trinajstić information content (AvgIpc) is 3.08. The first-order chi connectivity index (χ1) is 10.7. The van der Waals surface area contributed by atoms with Crippen LogP contribution in [0.4, 0.5) is 5.82 Å². The predicted molar refractivity (Wildman–Crippen MR) is 79.5 cm³/mol. The Labute approximate surface area is 127 Å². The molecular formula is C14H17N7O. The van der Waals surface area contributed by atoms with Crippen LogP contribution in [0.15, 0.2) is 29.1 Å². The SMILES string of the molecule is Cc1nnc2ccc(N3CC(N(C)Cc4cnoc4)C3)nn12. The summed E-state index contributed by atoms with van der Waals surface area (Å²) in [6, 6.07) is 4.46. The number of likely N-dealkylation sites (N-methyl/N-ethyl adjacent to an activating group) is 1. The Balaban J connectivity index is 1.42. The van der Waals surface area contributed by atoms with Crippen LogP contribution >= 0.6 is 0 Å². The normalized spacial score (nSPS) is 15.7. The summed E-state index contributed by atoms with van der Waals surface area (Å²) in [5.74, 6) is 1.77. The quantitative estimate of drug-likeness (QED) is 0.703. The fourth-order valence-electron chi connectivity index (χ4n) is 2.70. The van der Waals surface area contributed by atoms with Crippen molar-refractivity contribution in [1.82, 2.24) is 29.9 Å². The van der Waals surface area contributed by atoms with Crippen molar-refractivity contribution in [1.29, 1.82) is 0 Å². The monoisotopic (exact) mass is 299 g/mol. The second kappa shape index (κ2) is 5.06. The van der Waals surface area contributed by atoms with E-state index in [-0.39, 0.29) is 0 Å². The number of rotatable bonds is 4. The second-order valence-corrected chi connectivity index (χ2v) is 5.72. The van der Waals surface area contributed by atoms with Crippen molar-refractivity contribution in [2.24, 2.45) is 0 Å². The van der Waals surface area contributed by atoms with Gasteiger partial charge in [0.2, 0.25) is 0 Å². The summed E-state index contributed by atoms with van der Waals surface area (Å²) >= 11 is 0. The summed E-state index contributed by atoms with van der Waals surface area (Å²) in [4.78, 5) is 4.57. The predicted octanol–water partition coefficient (Wildman–Crippen LogP) is 0.741. The molecule has 8 nitrogen and oxygen atoms in total. The fourth-order valence-corrected chi connectivity index (χ4v) is 2.70. The molecule has 0 saturated carbocycles. The van der Waals surface area contributed by atoms with E-state index in [0.29, 0.717) is 6.04 Å². The van der Waals surface area contributed by atoms with Gasteiger partial charge in [0.05, 0.1) is 6.20 Å². The van der Waals surface area contributed by atoms with E-state index in [1.165, 1.54) is 0 Å². The van der Waals surface area contributed by atoms with Crippen molar-refractivity contribution in [3.05, 3.63) is 36.0 Å². The van der Waals surface area contributed by atoms with Crippen LogP contribution in [-0.4, -0.2) is 56.0 Å². The van der Waals surface area contributed by atoms with Crippen LogP contribution in [0.2, 0.25) is 0 Å². The van der Waals surface area contributed by atoms with Crippen molar-refractivity contribution in [3.8, 4) is 0 Å². The number of hydrogen-bond donors (Lipinski definition) is 0. The zero-order valence-electron chi connectivity index (χ0n) is 12.5. The first-order valence-electron chi connectivity index (χ1n) is 7.23. The zero-order chi connectivity index (χ0) is 15.1. The number of aromatic nitrogens is 5. The van der Waals surface area contributed by atoms with Crippen LogP contribution in [0, 0.1) is 6.92 Å². The molecule has 4 heterocycles. The van der Waals surface area contributed by atoms with E-state index >= 15 is 0 Å². The molecule has 0 atom stereocenters. The fraction of sp³-hybridized carbons (Fsp3) is 0.429. The second-order valence-electron chi connectivity index (χ2n) is 5.72. The van der Waals surface area contributed by atoms with Gasteiger partial charge in [0.25, 0.3) is 0 Å². The minimum atomic E-state index is 0.509. The van der Waals surface area contributed by atoms with E-state index in [1.807, 2.05) is 19.1 Å². The standard InChI is InChI=1S/C14H17N7O/c1-10-16-17-13-3-4-14(18-21(10)13)20-7-12(8-20)19(2)6-11-5-15-22-9-11/h3-5,9,12H,6-8H2,1-2H3. The topological polar surface area (TPSA) is 75.6 Å². The van der Waals surface area contributed by atoms with Gasteiger partial charge >= 0.3 is 0 Å². The maximum atomic E-state index is 4.87. The van der Waals surface area contributed by atoms with Crippen LogP contribution in [0.5, 0.6) is 0 Å². The Morgan fingerprint density at radius 3 is 2.95 bits per heavy atom. The third-order valence-electron chi connectivity index (χ3n) is 4.13. The van der Waals surface area contributed by atoms with Gasteiger partial charge in [0, 0.05) is 31.2 Å². The molecular weight excluding hydrogens is 282 g/mol. The lowest BCUT2D eigenvalue weighted by Crippen LogP contribution is -2.58. The lowest BCUT2D eigenvalue weighted by Gasteiger charge is -2.44. The molecule has 1 aliphatic rings. The highest BCUT2D eigenvalue weighted by molar-refractivity contribution is 5.47. The Morgan fingerprint density at radius 1 is 1.32 bits per heavy atom. The molecule has 0 amide bonds. The van der Waals surface area contributed by atoms with Crippen molar-refractivity contribution < 1.29 is 4.52 Å². The molecule has 4 rings (SSSR count). The molecule has 0 unspecified atom stereocenters. The van der Waals surface area contributed by atoms with Gasteiger partial charge in [-0.3, -0.25) is 4.90 Å². The molecule has 22 heavy (non-hydrogen) atoms. The van der Waals surface area contributed by atoms with Gasteiger partial charge in [-0.15, -0.1) is 15.3 Å². The first-order valence-corrected chi connectivity index (χ1v) is 7.23. The molecule has 0 aromatic carbocycles. The maximum absolute atomic E-state index is 4.87. The lowest BCUT2D eigenvalue weighted by atomic mass is 10.1. The van der Waals surface area contributed by atoms with Gasteiger partial charge in [0.15, 0.2) is 11.5 Å². The smallest absolute Gasteiger partial charge is 0.178 e. The van der Waals surface area contributed by atoms with Gasteiger partial charge < -0.3 is 9.42 Å². The summed E-state index contributed by atoms with van der Waals surface area (Å²) in [7, 11) is 2.12. The molecule has 8 heteroatoms. The average molecular weight is 299 g/mol. The third-order valence-corrected chi connectivity index (χ3v) is 4.13. The molecule has 1 fully saturated rings. The van der Waals surface area contributed by atoms with E-state index in [1.54, 1.807) is 17.0 Å². The number of anilines is 1. The van der Waals surface area contributed by atoms with Crippen LogP contribution in [-0.2, 0) is 6.54 Å². The molecule has 0 N–H and O–H groups in total. The molecule has 114 valence electrons. The minimum Gasteiger partial charge on any atom is -0.364 e. The van der Waals surface area contributed by atoms with E-state index < -0.39 is 0 Å². The summed E-state index contributed by atoms with van der Waals surface area (Å²) in [5.41, 5.74) is 1.88. The highest BCUT2D eigenvalue weighted by Crippen LogP contribution is 2.22. The van der Waals surface area contributed by atoms with Gasteiger partial charge in [-0.1, -0.05) is 5.16 Å². The summed E-state index contributed by atoms with van der Waals surface area (Å²) in [5, 5.41) is 16.4. The minimum absolute atomic E-state index is 0.509. The molecule has 3 aromatic heterocycles. The lowest BCUT2D eigenvalue weighted by molar-refractivity contribution is 0.196. The Kier molecular flexibility index (Phi) is 3.04. The summed E-state index contributed by atoms with van der Waals surface area (Å²) < 4.78 is 6.65. The van der Waals surface area contributed by atoms with Gasteiger partial charge in [-0.25, -0.2) is 0 Å². The van der Waals surface area contributed by atoms with E-state index in [9.17, 15) is 0 Å². The van der Waals surface area contributed by atoms with Crippen molar-refractivity contribution in [3.63, 3.8) is 0 Å². The maximum Gasteiger partial charge on any atom is 0.178 e. The van der Waals surface area contributed by atoms with E-state index in [4.69, 9.17) is 4.52 Å². The van der Waals surface area contributed by atoms with Crippen LogP contribution < -0.4 is 4.90 Å². The molecule has 1 aliphatic heterocycles. The molecule has 3 aromatic rings. The Bertz CT molecular complexity index is 776. The van der Waals surface area contributed by atoms with Crippen molar-refractivity contribution in [2.75, 3.05) is 25.0 Å². The third kappa shape index (κ3) is 2.21. The van der Waals surface area contributed by atoms with Crippen LogP contribution in [0.25, 0.3) is 5.65 Å². The number of hydrogen-bond acceptors (Lipinski definition) is 7. The molecule has 1 saturated heterocycles. The number of aryl methyl sites for hydroxylation is 1. The van der Waals surface area contributed by atoms with Crippen LogP contribution in [0.3, 0.4) is 0 Å². The highest BCUT2D eigenvalue weighted by Gasteiger charge is 2.31. The number of nitrogens with zero attached hydrogens (tertiary/aromatic N) is 7. The first kappa shape index (κ1) is 13.2. The number of fused-ring (bicyclic) bond motifs is 1. The van der Waals surface area contributed by atoms with E-state index in [2.05, 4.69) is 37.3 Å². The van der Waals surface area contributed by atoms with Crippen LogP contribution in [0.1, 0.15) is 11.4 Å².